The molecular formula is C40H66O5. The molecule has 0 aromatic carbocycles. The highest BCUT2D eigenvalue weighted by molar-refractivity contribution is 5.70. The summed E-state index contributed by atoms with van der Waals surface area (Å²) in [5.74, 6) is -0.681. The Kier molecular flexibility index (Phi) is 33.7. The molecule has 0 aromatic heterocycles. The van der Waals surface area contributed by atoms with Gasteiger partial charge in [0.05, 0.1) is 6.61 Å². The summed E-state index contributed by atoms with van der Waals surface area (Å²) >= 11 is 0. The summed E-state index contributed by atoms with van der Waals surface area (Å²) in [5, 5.41) is 9.52. The minimum Gasteiger partial charge on any atom is -0.462 e. The Labute approximate surface area is 276 Å². The van der Waals surface area contributed by atoms with Crippen LogP contribution in [0.2, 0.25) is 0 Å². The van der Waals surface area contributed by atoms with E-state index in [2.05, 4.69) is 86.8 Å². The van der Waals surface area contributed by atoms with E-state index >= 15 is 0 Å². The van der Waals surface area contributed by atoms with Gasteiger partial charge in [0, 0.05) is 12.8 Å². The van der Waals surface area contributed by atoms with Crippen molar-refractivity contribution in [2.24, 2.45) is 0 Å². The third-order valence-electron chi connectivity index (χ3n) is 7.22. The highest BCUT2D eigenvalue weighted by atomic mass is 16.6. The van der Waals surface area contributed by atoms with Crippen LogP contribution in [0.5, 0.6) is 0 Å². The lowest BCUT2D eigenvalue weighted by molar-refractivity contribution is -0.161. The van der Waals surface area contributed by atoms with E-state index < -0.39 is 6.10 Å². The summed E-state index contributed by atoms with van der Waals surface area (Å²) in [7, 11) is 0. The Balaban J connectivity index is 3.73. The van der Waals surface area contributed by atoms with E-state index in [1.807, 2.05) is 0 Å². The standard InChI is InChI=1S/C40H66O5/c1-3-5-7-9-11-13-15-17-19-20-21-23-24-26-28-30-32-34-39(42)44-37-38(36-41)45-40(43)35-33-31-29-27-25-22-18-16-14-12-10-8-6-4-2/h10-13,16-19,21,23,26,28,38,41H,3-9,14-15,20,22,24-25,27,29-37H2,1-2H3/b12-10+,13-11+,18-16+,19-17+,23-21+,28-26+/t38-/m0/s1. The van der Waals surface area contributed by atoms with Crippen LogP contribution in [0, 0.1) is 0 Å². The number of hydrogen-bond acceptors (Lipinski definition) is 5. The molecule has 0 aliphatic rings. The van der Waals surface area contributed by atoms with Crippen molar-refractivity contribution in [1.82, 2.24) is 0 Å². The summed E-state index contributed by atoms with van der Waals surface area (Å²) in [6, 6.07) is 0. The van der Waals surface area contributed by atoms with Crippen LogP contribution >= 0.6 is 0 Å². The zero-order valence-corrected chi connectivity index (χ0v) is 28.8. The average Bonchev–Trinajstić information content (AvgIpc) is 3.04. The summed E-state index contributed by atoms with van der Waals surface area (Å²) in [6.07, 6.45) is 46.7. The summed E-state index contributed by atoms with van der Waals surface area (Å²) in [4.78, 5) is 24.1. The van der Waals surface area contributed by atoms with Crippen LogP contribution in [0.4, 0.5) is 0 Å². The highest BCUT2D eigenvalue weighted by Crippen LogP contribution is 2.10. The van der Waals surface area contributed by atoms with Crippen LogP contribution in [-0.2, 0) is 19.1 Å². The molecule has 256 valence electrons. The second-order valence-electron chi connectivity index (χ2n) is 11.6. The van der Waals surface area contributed by atoms with Crippen LogP contribution in [0.1, 0.15) is 149 Å². The van der Waals surface area contributed by atoms with Gasteiger partial charge in [0.2, 0.25) is 0 Å². The molecule has 0 aliphatic heterocycles. The van der Waals surface area contributed by atoms with Gasteiger partial charge in [-0.05, 0) is 77.0 Å². The summed E-state index contributed by atoms with van der Waals surface area (Å²) < 4.78 is 10.5. The fourth-order valence-electron chi connectivity index (χ4n) is 4.44. The average molecular weight is 627 g/mol. The number of aliphatic hydroxyl groups excluding tert-OH is 1. The molecule has 0 fully saturated rings. The van der Waals surface area contributed by atoms with Crippen molar-refractivity contribution in [2.45, 2.75) is 155 Å². The number of rotatable bonds is 31. The van der Waals surface area contributed by atoms with Crippen LogP contribution in [0.3, 0.4) is 0 Å². The van der Waals surface area contributed by atoms with Crippen molar-refractivity contribution < 1.29 is 24.2 Å². The molecule has 0 aliphatic carbocycles. The Hall–Kier alpha value is -2.66. The van der Waals surface area contributed by atoms with Gasteiger partial charge in [-0.15, -0.1) is 0 Å². The molecule has 0 saturated heterocycles. The molecule has 45 heavy (non-hydrogen) atoms. The highest BCUT2D eigenvalue weighted by Gasteiger charge is 2.15. The quantitative estimate of drug-likeness (QED) is 0.0471. The molecule has 0 spiro atoms. The molecule has 5 nitrogen and oxygen atoms in total. The number of allylic oxidation sites excluding steroid dienone is 12. The number of carbonyl (C=O) groups excluding carboxylic acids is 2. The van der Waals surface area contributed by atoms with Crippen molar-refractivity contribution >= 4 is 11.9 Å². The number of carbonyl (C=O) groups is 2. The van der Waals surface area contributed by atoms with E-state index in [-0.39, 0.29) is 25.2 Å². The zero-order chi connectivity index (χ0) is 32.9. The molecule has 0 saturated carbocycles. The van der Waals surface area contributed by atoms with Crippen LogP contribution in [0.25, 0.3) is 0 Å². The molecular weight excluding hydrogens is 560 g/mol. The fraction of sp³-hybridized carbons (Fsp3) is 0.650. The van der Waals surface area contributed by atoms with Crippen LogP contribution < -0.4 is 0 Å². The van der Waals surface area contributed by atoms with Crippen LogP contribution in [0.15, 0.2) is 72.9 Å². The molecule has 0 radical (unpaired) electrons. The van der Waals surface area contributed by atoms with Crippen LogP contribution in [-0.4, -0.2) is 36.4 Å². The second-order valence-corrected chi connectivity index (χ2v) is 11.6. The molecule has 0 amide bonds. The molecule has 5 heteroatoms. The zero-order valence-electron chi connectivity index (χ0n) is 28.8. The Bertz CT molecular complexity index is 849. The van der Waals surface area contributed by atoms with Gasteiger partial charge in [0.25, 0.3) is 0 Å². The van der Waals surface area contributed by atoms with Gasteiger partial charge in [-0.1, -0.05) is 132 Å². The third-order valence-corrected chi connectivity index (χ3v) is 7.22. The van der Waals surface area contributed by atoms with Crippen molar-refractivity contribution in [3.63, 3.8) is 0 Å². The molecule has 1 atom stereocenters. The van der Waals surface area contributed by atoms with E-state index in [1.54, 1.807) is 0 Å². The van der Waals surface area contributed by atoms with Gasteiger partial charge in [-0.3, -0.25) is 9.59 Å². The smallest absolute Gasteiger partial charge is 0.306 e. The van der Waals surface area contributed by atoms with Crippen molar-refractivity contribution in [1.29, 1.82) is 0 Å². The van der Waals surface area contributed by atoms with E-state index in [4.69, 9.17) is 9.47 Å². The van der Waals surface area contributed by atoms with Gasteiger partial charge >= 0.3 is 11.9 Å². The molecule has 0 rings (SSSR count). The normalized spacial score (nSPS) is 13.0. The Morgan fingerprint density at radius 2 is 0.933 bits per heavy atom. The topological polar surface area (TPSA) is 72.8 Å². The van der Waals surface area contributed by atoms with E-state index in [0.29, 0.717) is 19.3 Å². The largest absolute Gasteiger partial charge is 0.462 e. The monoisotopic (exact) mass is 626 g/mol. The van der Waals surface area contributed by atoms with E-state index in [0.717, 1.165) is 64.2 Å². The fourth-order valence-corrected chi connectivity index (χ4v) is 4.44. The number of aliphatic hydroxyl groups is 1. The number of hydrogen-bond donors (Lipinski definition) is 1. The maximum Gasteiger partial charge on any atom is 0.306 e. The van der Waals surface area contributed by atoms with Crippen molar-refractivity contribution in [2.75, 3.05) is 13.2 Å². The Morgan fingerprint density at radius 1 is 0.511 bits per heavy atom. The lowest BCUT2D eigenvalue weighted by Gasteiger charge is -2.15. The lowest BCUT2D eigenvalue weighted by Crippen LogP contribution is -2.28. The molecule has 1 N–H and O–H groups in total. The maximum atomic E-state index is 12.1. The lowest BCUT2D eigenvalue weighted by atomic mass is 10.1. The third kappa shape index (κ3) is 34.1. The van der Waals surface area contributed by atoms with Gasteiger partial charge in [-0.25, -0.2) is 0 Å². The van der Waals surface area contributed by atoms with Gasteiger partial charge in [0.1, 0.15) is 6.61 Å². The Morgan fingerprint density at radius 3 is 1.47 bits per heavy atom. The number of ether oxygens (including phenoxy) is 2. The van der Waals surface area contributed by atoms with E-state index in [1.165, 1.54) is 51.4 Å². The SMILES string of the molecule is CCCC/C=C/C/C=C/CCCCCCCC(=O)O[C@@H](CO)COC(=O)CCC/C=C/C/C=C/C/C=C/C/C=C/CCCCC. The van der Waals surface area contributed by atoms with Gasteiger partial charge in [-0.2, -0.15) is 0 Å². The first kappa shape index (κ1) is 42.3. The first-order chi connectivity index (χ1) is 22.1. The number of unbranched alkanes of at least 4 members (excludes halogenated alkanes) is 11. The van der Waals surface area contributed by atoms with Crippen molar-refractivity contribution in [3.05, 3.63) is 72.9 Å². The predicted molar refractivity (Wildman–Crippen MR) is 191 cm³/mol. The first-order valence-electron chi connectivity index (χ1n) is 18.0. The maximum absolute atomic E-state index is 12.1. The van der Waals surface area contributed by atoms with Gasteiger partial charge < -0.3 is 14.6 Å². The minimum atomic E-state index is -0.803. The van der Waals surface area contributed by atoms with E-state index in [9.17, 15) is 14.7 Å². The molecule has 0 aromatic rings. The number of esters is 2. The summed E-state index contributed by atoms with van der Waals surface area (Å²) in [5.41, 5.74) is 0. The molecule has 0 heterocycles. The molecule has 0 bridgehead atoms. The second kappa shape index (κ2) is 35.8. The predicted octanol–water partition coefficient (Wildman–Crippen LogP) is 11.0. The van der Waals surface area contributed by atoms with Gasteiger partial charge in [0.15, 0.2) is 6.10 Å². The first-order valence-corrected chi connectivity index (χ1v) is 18.0. The summed E-state index contributed by atoms with van der Waals surface area (Å²) in [6.45, 7) is 3.98. The molecule has 0 unspecified atom stereocenters. The van der Waals surface area contributed by atoms with Crippen molar-refractivity contribution in [3.8, 4) is 0 Å². The minimum absolute atomic E-state index is 0.104.